The molecule has 0 aliphatic rings. The Bertz CT molecular complexity index is 593. The van der Waals surface area contributed by atoms with Crippen molar-refractivity contribution < 1.29 is 9.53 Å². The van der Waals surface area contributed by atoms with Gasteiger partial charge < -0.3 is 4.74 Å². The molecule has 86 valence electrons. The number of hydrogen-bond acceptors (Lipinski definition) is 3. The van der Waals surface area contributed by atoms with E-state index in [9.17, 15) is 4.79 Å². The minimum absolute atomic E-state index is 0.373. The van der Waals surface area contributed by atoms with Crippen LogP contribution in [0.5, 0.6) is 0 Å². The molecule has 1 heterocycles. The van der Waals surface area contributed by atoms with Crippen LogP contribution < -0.4 is 0 Å². The number of ether oxygens (including phenoxy) is 1. The maximum absolute atomic E-state index is 11.1. The average molecular weight is 292 g/mol. The third-order valence-electron chi connectivity index (χ3n) is 2.32. The second kappa shape index (κ2) is 5.10. The van der Waals surface area contributed by atoms with E-state index in [-0.39, 0.29) is 5.97 Å². The highest BCUT2D eigenvalue weighted by atomic mass is 79.9. The van der Waals surface area contributed by atoms with E-state index in [1.807, 2.05) is 30.3 Å². The number of para-hydroxylation sites is 1. The van der Waals surface area contributed by atoms with Gasteiger partial charge in [-0.15, -0.1) is 0 Å². The first-order valence-electron chi connectivity index (χ1n) is 5.02. The van der Waals surface area contributed by atoms with E-state index in [1.54, 1.807) is 6.08 Å². The topological polar surface area (TPSA) is 39.2 Å². The number of benzene rings is 1. The van der Waals surface area contributed by atoms with Crippen molar-refractivity contribution in [1.82, 2.24) is 4.98 Å². The monoisotopic (exact) mass is 291 g/mol. The van der Waals surface area contributed by atoms with Crippen LogP contribution in [-0.4, -0.2) is 18.1 Å². The zero-order valence-electron chi connectivity index (χ0n) is 9.18. The summed E-state index contributed by atoms with van der Waals surface area (Å²) in [6.45, 7) is 0. The molecule has 0 aliphatic heterocycles. The highest BCUT2D eigenvalue weighted by Gasteiger charge is 2.02. The van der Waals surface area contributed by atoms with Gasteiger partial charge in [0.15, 0.2) is 0 Å². The molecule has 17 heavy (non-hydrogen) atoms. The van der Waals surface area contributed by atoms with Gasteiger partial charge in [-0.3, -0.25) is 0 Å². The second-order valence-electron chi connectivity index (χ2n) is 3.41. The predicted octanol–water partition coefficient (Wildman–Crippen LogP) is 3.18. The van der Waals surface area contributed by atoms with Crippen LogP contribution >= 0.6 is 15.9 Å². The maximum atomic E-state index is 11.1. The molecule has 0 fully saturated rings. The zero-order chi connectivity index (χ0) is 12.3. The fraction of sp³-hybridized carbons (Fsp3) is 0.0769. The lowest BCUT2D eigenvalue weighted by Crippen LogP contribution is -1.93. The first-order chi connectivity index (χ1) is 8.20. The van der Waals surface area contributed by atoms with E-state index < -0.39 is 0 Å². The summed E-state index contributed by atoms with van der Waals surface area (Å²) in [5, 5.41) is 0.996. The molecule has 0 saturated heterocycles. The van der Waals surface area contributed by atoms with Crippen LogP contribution in [0.25, 0.3) is 17.0 Å². The van der Waals surface area contributed by atoms with Crippen molar-refractivity contribution >= 4 is 38.9 Å². The van der Waals surface area contributed by atoms with Crippen LogP contribution in [0, 0.1) is 0 Å². The van der Waals surface area contributed by atoms with Gasteiger partial charge in [0.1, 0.15) is 4.60 Å². The van der Waals surface area contributed by atoms with Gasteiger partial charge in [-0.1, -0.05) is 18.2 Å². The van der Waals surface area contributed by atoms with Gasteiger partial charge in [-0.25, -0.2) is 9.78 Å². The van der Waals surface area contributed by atoms with E-state index >= 15 is 0 Å². The summed E-state index contributed by atoms with van der Waals surface area (Å²) in [4.78, 5) is 15.4. The van der Waals surface area contributed by atoms with E-state index in [4.69, 9.17) is 0 Å². The van der Waals surface area contributed by atoms with Gasteiger partial charge in [0.2, 0.25) is 0 Å². The lowest BCUT2D eigenvalue weighted by Gasteiger charge is -2.02. The van der Waals surface area contributed by atoms with Crippen LogP contribution in [0.1, 0.15) is 5.56 Å². The molecular formula is C13H10BrNO2. The molecule has 0 amide bonds. The summed E-state index contributed by atoms with van der Waals surface area (Å²) in [7, 11) is 1.35. The Balaban J connectivity index is 2.52. The van der Waals surface area contributed by atoms with E-state index in [0.29, 0.717) is 0 Å². The Morgan fingerprint density at radius 1 is 1.41 bits per heavy atom. The Morgan fingerprint density at radius 3 is 2.94 bits per heavy atom. The van der Waals surface area contributed by atoms with Gasteiger partial charge in [0.25, 0.3) is 0 Å². The molecule has 0 aliphatic carbocycles. The lowest BCUT2D eigenvalue weighted by molar-refractivity contribution is -0.134. The molecule has 0 N–H and O–H groups in total. The smallest absolute Gasteiger partial charge is 0.330 e. The first kappa shape index (κ1) is 11.8. The SMILES string of the molecule is COC(=O)/C=C/c1cc(Br)nc2ccccc12. The van der Waals surface area contributed by atoms with Crippen molar-refractivity contribution in [2.24, 2.45) is 0 Å². The van der Waals surface area contributed by atoms with Crippen molar-refractivity contribution in [3.8, 4) is 0 Å². The van der Waals surface area contributed by atoms with E-state index in [1.165, 1.54) is 13.2 Å². The van der Waals surface area contributed by atoms with Crippen molar-refractivity contribution in [3.05, 3.63) is 46.6 Å². The standard InChI is InChI=1S/C13H10BrNO2/c1-17-13(16)7-6-9-8-12(14)15-11-5-3-2-4-10(9)11/h2-8H,1H3/b7-6+. The Labute approximate surface area is 107 Å². The molecule has 0 unspecified atom stereocenters. The summed E-state index contributed by atoms with van der Waals surface area (Å²) >= 11 is 3.35. The molecule has 1 aromatic carbocycles. The van der Waals surface area contributed by atoms with Crippen molar-refractivity contribution in [1.29, 1.82) is 0 Å². The molecule has 0 spiro atoms. The lowest BCUT2D eigenvalue weighted by atomic mass is 10.1. The Morgan fingerprint density at radius 2 is 2.18 bits per heavy atom. The number of carbonyl (C=O) groups is 1. The quantitative estimate of drug-likeness (QED) is 0.485. The zero-order valence-corrected chi connectivity index (χ0v) is 10.8. The number of methoxy groups -OCH3 is 1. The van der Waals surface area contributed by atoms with Gasteiger partial charge in [-0.05, 0) is 39.7 Å². The number of nitrogens with zero attached hydrogens (tertiary/aromatic N) is 1. The number of hydrogen-bond donors (Lipinski definition) is 0. The van der Waals surface area contributed by atoms with E-state index in [0.717, 1.165) is 21.1 Å². The van der Waals surface area contributed by atoms with Gasteiger partial charge >= 0.3 is 5.97 Å². The normalized spacial score (nSPS) is 10.9. The van der Waals surface area contributed by atoms with Crippen LogP contribution in [-0.2, 0) is 9.53 Å². The van der Waals surface area contributed by atoms with Gasteiger partial charge in [0.05, 0.1) is 12.6 Å². The predicted molar refractivity (Wildman–Crippen MR) is 70.5 cm³/mol. The highest BCUT2D eigenvalue weighted by molar-refractivity contribution is 9.10. The minimum Gasteiger partial charge on any atom is -0.466 e. The fourth-order valence-electron chi connectivity index (χ4n) is 1.53. The van der Waals surface area contributed by atoms with Crippen LogP contribution in [0.4, 0.5) is 0 Å². The summed E-state index contributed by atoms with van der Waals surface area (Å²) in [6.07, 6.45) is 3.12. The first-order valence-corrected chi connectivity index (χ1v) is 5.81. The average Bonchev–Trinajstić information content (AvgIpc) is 2.35. The highest BCUT2D eigenvalue weighted by Crippen LogP contribution is 2.22. The summed E-state index contributed by atoms with van der Waals surface area (Å²) < 4.78 is 5.30. The van der Waals surface area contributed by atoms with Gasteiger partial charge in [0, 0.05) is 11.5 Å². The summed E-state index contributed by atoms with van der Waals surface area (Å²) in [5.74, 6) is -0.373. The fourth-order valence-corrected chi connectivity index (χ4v) is 1.97. The molecule has 0 bridgehead atoms. The van der Waals surface area contributed by atoms with Gasteiger partial charge in [-0.2, -0.15) is 0 Å². The Hall–Kier alpha value is -1.68. The van der Waals surface area contributed by atoms with Crippen LogP contribution in [0.3, 0.4) is 0 Å². The number of aromatic nitrogens is 1. The molecule has 3 nitrogen and oxygen atoms in total. The third kappa shape index (κ3) is 2.71. The molecule has 1 aromatic heterocycles. The molecule has 0 atom stereocenters. The second-order valence-corrected chi connectivity index (χ2v) is 4.22. The number of rotatable bonds is 2. The molecule has 2 aromatic rings. The van der Waals surface area contributed by atoms with Crippen molar-refractivity contribution in [2.75, 3.05) is 7.11 Å². The third-order valence-corrected chi connectivity index (χ3v) is 2.72. The number of carbonyl (C=O) groups excluding carboxylic acids is 1. The number of fused-ring (bicyclic) bond motifs is 1. The number of pyridine rings is 1. The number of esters is 1. The molecular weight excluding hydrogens is 282 g/mol. The van der Waals surface area contributed by atoms with Crippen LogP contribution in [0.2, 0.25) is 0 Å². The van der Waals surface area contributed by atoms with E-state index in [2.05, 4.69) is 25.7 Å². The molecule has 0 radical (unpaired) electrons. The Kier molecular flexibility index (Phi) is 3.54. The molecule has 2 rings (SSSR count). The summed E-state index contributed by atoms with van der Waals surface area (Å²) in [5.41, 5.74) is 1.80. The van der Waals surface area contributed by atoms with Crippen LogP contribution in [0.15, 0.2) is 41.0 Å². The van der Waals surface area contributed by atoms with Crippen molar-refractivity contribution in [2.45, 2.75) is 0 Å². The largest absolute Gasteiger partial charge is 0.466 e. The molecule has 4 heteroatoms. The molecule has 0 saturated carbocycles. The van der Waals surface area contributed by atoms with Crippen molar-refractivity contribution in [3.63, 3.8) is 0 Å². The maximum Gasteiger partial charge on any atom is 0.330 e. The minimum atomic E-state index is -0.373. The summed E-state index contributed by atoms with van der Waals surface area (Å²) in [6, 6.07) is 9.62. The number of halogens is 1.